The van der Waals surface area contributed by atoms with Crippen molar-refractivity contribution < 1.29 is 38.1 Å². The molecule has 0 fully saturated rings. The van der Waals surface area contributed by atoms with Crippen LogP contribution in [-0.4, -0.2) is 50.5 Å². The molecule has 1 aromatic carbocycles. The largest absolute Gasteiger partial charge is 0.514 e. The molecule has 2 aromatic heterocycles. The molecule has 0 radical (unpaired) electrons. The Balaban J connectivity index is 1.53. The Kier molecular flexibility index (Phi) is 8.89. The third kappa shape index (κ3) is 6.44. The topological polar surface area (TPSA) is 132 Å². The fourth-order valence-corrected chi connectivity index (χ4v) is 6.56. The van der Waals surface area contributed by atoms with Gasteiger partial charge in [-0.3, -0.25) is 4.79 Å². The Bertz CT molecular complexity index is 1780. The smallest absolute Gasteiger partial charge is 0.457 e. The van der Waals surface area contributed by atoms with Gasteiger partial charge in [-0.15, -0.1) is 0 Å². The van der Waals surface area contributed by atoms with Gasteiger partial charge in [-0.25, -0.2) is 19.4 Å². The zero-order chi connectivity index (χ0) is 33.6. The van der Waals surface area contributed by atoms with Crippen LogP contribution in [0, 0.1) is 0 Å². The number of rotatable bonds is 7. The highest BCUT2D eigenvalue weighted by Crippen LogP contribution is 2.42. The number of hydrogen-bond donors (Lipinski definition) is 0. The van der Waals surface area contributed by atoms with Gasteiger partial charge in [-0.05, 0) is 63.4 Å². The van der Waals surface area contributed by atoms with Crippen LogP contribution in [0.25, 0.3) is 22.3 Å². The summed E-state index contributed by atoms with van der Waals surface area (Å²) in [7, 11) is 0. The quantitative estimate of drug-likeness (QED) is 0.0920. The molecule has 3 aromatic rings. The van der Waals surface area contributed by atoms with E-state index in [1.807, 2.05) is 6.92 Å². The number of aromatic nitrogens is 2. The van der Waals surface area contributed by atoms with Crippen LogP contribution in [0.15, 0.2) is 29.1 Å². The first-order valence-electron chi connectivity index (χ1n) is 15.4. The highest BCUT2D eigenvalue weighted by molar-refractivity contribution is 8.00. The van der Waals surface area contributed by atoms with Crippen LogP contribution in [0.4, 0.5) is 9.59 Å². The summed E-state index contributed by atoms with van der Waals surface area (Å²) in [5, 5.41) is 0.782. The Hall–Kier alpha value is -4.06. The van der Waals surface area contributed by atoms with Crippen molar-refractivity contribution in [2.75, 3.05) is 12.4 Å². The molecule has 46 heavy (non-hydrogen) atoms. The van der Waals surface area contributed by atoms with E-state index in [9.17, 15) is 19.2 Å². The van der Waals surface area contributed by atoms with E-state index < -0.39 is 29.5 Å². The van der Waals surface area contributed by atoms with Gasteiger partial charge in [0.1, 0.15) is 24.6 Å². The van der Waals surface area contributed by atoms with Crippen molar-refractivity contribution in [2.45, 2.75) is 97.3 Å². The molecular weight excluding hydrogens is 612 g/mol. The molecule has 12 heteroatoms. The van der Waals surface area contributed by atoms with Gasteiger partial charge in [0, 0.05) is 27.0 Å². The average molecular weight is 653 g/mol. The van der Waals surface area contributed by atoms with E-state index in [0.29, 0.717) is 34.8 Å². The third-order valence-electron chi connectivity index (χ3n) is 7.79. The molecule has 4 heterocycles. The summed E-state index contributed by atoms with van der Waals surface area (Å²) in [5.41, 5.74) is 1.14. The van der Waals surface area contributed by atoms with Crippen LogP contribution in [0.5, 0.6) is 5.75 Å². The molecule has 0 saturated carbocycles. The van der Waals surface area contributed by atoms with E-state index in [1.165, 1.54) is 0 Å². The number of aryl methyl sites for hydroxylation is 1. The molecule has 2 aliphatic heterocycles. The Morgan fingerprint density at radius 1 is 1.04 bits per heavy atom. The van der Waals surface area contributed by atoms with Gasteiger partial charge in [0.2, 0.25) is 5.60 Å². The standard InChI is InChI=1S/C34H40N2O9S/c1-9-20-21-15-19(43-31(40)44-32(3,4)5)11-12-25(21)35-27-22(20)17-36-26(27)16-24-23(28(36)37)18-42-29(38)34(24,10-2)45-30(39)41-13-14-46-33(6,7)8/h11-12,15-16H,9-10,13-14,17-18H2,1-8H3/t34-/m0/s1. The monoisotopic (exact) mass is 652 g/mol. The lowest BCUT2D eigenvalue weighted by molar-refractivity contribution is -0.175. The predicted molar refractivity (Wildman–Crippen MR) is 173 cm³/mol. The maximum absolute atomic E-state index is 14.0. The second kappa shape index (κ2) is 12.3. The number of pyridine rings is 2. The lowest BCUT2D eigenvalue weighted by Gasteiger charge is -2.35. The normalized spacial score (nSPS) is 17.1. The maximum atomic E-state index is 14.0. The second-order valence-corrected chi connectivity index (χ2v) is 15.2. The number of nitrogens with zero attached hydrogens (tertiary/aromatic N) is 2. The Morgan fingerprint density at radius 2 is 1.78 bits per heavy atom. The van der Waals surface area contributed by atoms with Gasteiger partial charge in [-0.1, -0.05) is 34.6 Å². The molecule has 2 aliphatic rings. The highest BCUT2D eigenvalue weighted by atomic mass is 32.2. The molecule has 246 valence electrons. The van der Waals surface area contributed by atoms with Crippen LogP contribution in [0.2, 0.25) is 0 Å². The first-order chi connectivity index (χ1) is 21.6. The van der Waals surface area contributed by atoms with Gasteiger partial charge in [0.15, 0.2) is 0 Å². The van der Waals surface area contributed by atoms with Gasteiger partial charge in [-0.2, -0.15) is 11.8 Å². The van der Waals surface area contributed by atoms with Crippen molar-refractivity contribution in [1.29, 1.82) is 0 Å². The molecule has 11 nitrogen and oxygen atoms in total. The second-order valence-electron chi connectivity index (χ2n) is 13.2. The number of hydrogen-bond acceptors (Lipinski definition) is 11. The van der Waals surface area contributed by atoms with E-state index >= 15 is 0 Å². The number of esters is 1. The summed E-state index contributed by atoms with van der Waals surface area (Å²) in [6.07, 6.45) is -1.17. The average Bonchev–Trinajstić information content (AvgIpc) is 3.32. The molecule has 0 N–H and O–H groups in total. The van der Waals surface area contributed by atoms with Crippen molar-refractivity contribution in [3.8, 4) is 17.1 Å². The zero-order valence-corrected chi connectivity index (χ0v) is 28.3. The molecule has 0 aliphatic carbocycles. The first kappa shape index (κ1) is 33.3. The number of thioether (sulfide) groups is 1. The van der Waals surface area contributed by atoms with Gasteiger partial charge >= 0.3 is 18.3 Å². The number of carbonyl (C=O) groups is 3. The van der Waals surface area contributed by atoms with Crippen molar-refractivity contribution in [3.63, 3.8) is 0 Å². The van der Waals surface area contributed by atoms with Crippen molar-refractivity contribution >= 4 is 40.9 Å². The Labute approximate surface area is 271 Å². The molecule has 0 amide bonds. The van der Waals surface area contributed by atoms with Crippen molar-refractivity contribution in [1.82, 2.24) is 9.55 Å². The van der Waals surface area contributed by atoms with Gasteiger partial charge < -0.3 is 28.3 Å². The minimum absolute atomic E-state index is 0.00393. The predicted octanol–water partition coefficient (Wildman–Crippen LogP) is 6.65. The van der Waals surface area contributed by atoms with E-state index in [4.69, 9.17) is 28.7 Å². The van der Waals surface area contributed by atoms with Crippen LogP contribution >= 0.6 is 11.8 Å². The Morgan fingerprint density at radius 3 is 2.43 bits per heavy atom. The first-order valence-corrected chi connectivity index (χ1v) is 16.4. The third-order valence-corrected chi connectivity index (χ3v) is 9.02. The minimum atomic E-state index is -1.85. The SMILES string of the molecule is CCc1c2c(nc3ccc(OC(=O)OC(C)(C)C)cc13)-c1cc3c(c(=O)n1C2)COC(=O)[C@@]3(CC)OC(=O)OCCSC(C)(C)C. The van der Waals surface area contributed by atoms with Crippen molar-refractivity contribution in [2.24, 2.45) is 0 Å². The summed E-state index contributed by atoms with van der Waals surface area (Å²) in [4.78, 5) is 57.4. The maximum Gasteiger partial charge on any atom is 0.514 e. The summed E-state index contributed by atoms with van der Waals surface area (Å²) < 4.78 is 28.8. The van der Waals surface area contributed by atoms with E-state index in [0.717, 1.165) is 16.5 Å². The summed E-state index contributed by atoms with van der Waals surface area (Å²) >= 11 is 1.63. The molecule has 0 bridgehead atoms. The molecule has 0 spiro atoms. The van der Waals surface area contributed by atoms with Crippen LogP contribution in [-0.2, 0) is 48.9 Å². The molecule has 1 atom stereocenters. The molecule has 0 unspecified atom stereocenters. The van der Waals surface area contributed by atoms with Crippen molar-refractivity contribution in [3.05, 3.63) is 56.9 Å². The zero-order valence-electron chi connectivity index (χ0n) is 27.5. The highest BCUT2D eigenvalue weighted by Gasteiger charge is 2.51. The molecular formula is C34H40N2O9S. The number of benzene rings is 1. The number of cyclic esters (lactones) is 1. The number of ether oxygens (including phenoxy) is 5. The molecule has 0 saturated heterocycles. The number of fused-ring (bicyclic) bond motifs is 5. The van der Waals surface area contributed by atoms with Gasteiger partial charge in [0.25, 0.3) is 5.56 Å². The van der Waals surface area contributed by atoms with E-state index in [2.05, 4.69) is 20.8 Å². The lowest BCUT2D eigenvalue weighted by Crippen LogP contribution is -2.47. The number of carbonyl (C=O) groups excluding carboxylic acids is 3. The molecule has 5 rings (SSSR count). The summed E-state index contributed by atoms with van der Waals surface area (Å²) in [6.45, 7) is 15.3. The minimum Gasteiger partial charge on any atom is -0.457 e. The van der Waals surface area contributed by atoms with Gasteiger partial charge in [0.05, 0.1) is 29.0 Å². The van der Waals surface area contributed by atoms with Crippen LogP contribution in [0.3, 0.4) is 0 Å². The van der Waals surface area contributed by atoms with E-state index in [1.54, 1.807) is 68.3 Å². The fourth-order valence-electron chi connectivity index (χ4n) is 5.78. The van der Waals surface area contributed by atoms with Crippen LogP contribution < -0.4 is 10.3 Å². The van der Waals surface area contributed by atoms with Crippen LogP contribution in [0.1, 0.15) is 84.1 Å². The van der Waals surface area contributed by atoms with E-state index in [-0.39, 0.29) is 47.6 Å². The summed E-state index contributed by atoms with van der Waals surface area (Å²) in [5.74, 6) is 0.105. The fraction of sp³-hybridized carbons (Fsp3) is 0.500. The summed E-state index contributed by atoms with van der Waals surface area (Å²) in [6, 6.07) is 6.85. The lowest BCUT2D eigenvalue weighted by atomic mass is 9.85.